The molecule has 0 N–H and O–H groups in total. The third-order valence-electron chi connectivity index (χ3n) is 7.36. The average molecular weight is 437 g/mol. The summed E-state index contributed by atoms with van der Waals surface area (Å²) in [7, 11) is 5.86. The van der Waals surface area contributed by atoms with Crippen LogP contribution in [0.15, 0.2) is 48.5 Å². The molecule has 0 atom stereocenters. The van der Waals surface area contributed by atoms with Crippen molar-refractivity contribution in [1.29, 1.82) is 0 Å². The lowest BCUT2D eigenvalue weighted by Crippen LogP contribution is -2.52. The van der Waals surface area contributed by atoms with Gasteiger partial charge in [0, 0.05) is 26.3 Å². The molecule has 2 saturated heterocycles. The number of benzene rings is 2. The van der Waals surface area contributed by atoms with Crippen molar-refractivity contribution in [3.63, 3.8) is 0 Å². The molecule has 0 aromatic heterocycles. The minimum atomic E-state index is -0.367. The molecule has 5 nitrogen and oxygen atoms in total. The molecule has 1 amide bonds. The predicted octanol–water partition coefficient (Wildman–Crippen LogP) is 4.25. The molecule has 0 saturated carbocycles. The summed E-state index contributed by atoms with van der Waals surface area (Å²) in [6, 6.07) is 17.1. The van der Waals surface area contributed by atoms with Crippen molar-refractivity contribution >= 4 is 5.91 Å². The predicted molar refractivity (Wildman–Crippen MR) is 128 cm³/mol. The van der Waals surface area contributed by atoms with Crippen LogP contribution in [0.2, 0.25) is 0 Å². The minimum Gasteiger partial charge on any atom is -0.497 e. The normalized spacial score (nSPS) is 19.5. The fraction of sp³-hybridized carbons (Fsp3) is 0.519. The molecule has 2 aromatic rings. The van der Waals surface area contributed by atoms with Gasteiger partial charge >= 0.3 is 0 Å². The quantitative estimate of drug-likeness (QED) is 0.679. The van der Waals surface area contributed by atoms with Gasteiger partial charge in [-0.3, -0.25) is 4.79 Å². The van der Waals surface area contributed by atoms with Gasteiger partial charge in [0.25, 0.3) is 0 Å². The van der Waals surface area contributed by atoms with Crippen molar-refractivity contribution in [3.05, 3.63) is 54.1 Å². The van der Waals surface area contributed by atoms with Gasteiger partial charge < -0.3 is 19.3 Å². The fourth-order valence-electron chi connectivity index (χ4n) is 5.16. The summed E-state index contributed by atoms with van der Waals surface area (Å²) >= 11 is 0. The second-order valence-corrected chi connectivity index (χ2v) is 9.45. The number of hydrogen-bond acceptors (Lipinski definition) is 4. The molecule has 32 heavy (non-hydrogen) atoms. The Morgan fingerprint density at radius 2 is 1.78 bits per heavy atom. The Hall–Kier alpha value is -2.37. The lowest BCUT2D eigenvalue weighted by molar-refractivity contribution is -0.149. The fourth-order valence-corrected chi connectivity index (χ4v) is 5.16. The monoisotopic (exact) mass is 436 g/mol. The topological polar surface area (TPSA) is 42.0 Å². The average Bonchev–Trinajstić information content (AvgIpc) is 2.84. The first kappa shape index (κ1) is 22.8. The van der Waals surface area contributed by atoms with Crippen molar-refractivity contribution in [2.45, 2.75) is 38.1 Å². The highest BCUT2D eigenvalue weighted by molar-refractivity contribution is 5.83. The third-order valence-corrected chi connectivity index (χ3v) is 7.36. The summed E-state index contributed by atoms with van der Waals surface area (Å²) in [6.07, 6.45) is 4.46. The van der Waals surface area contributed by atoms with E-state index in [9.17, 15) is 4.79 Å². The first-order valence-corrected chi connectivity index (χ1v) is 11.8. The number of nitrogens with zero attached hydrogens (tertiary/aromatic N) is 2. The number of carbonyl (C=O) groups excluding carboxylic acids is 1. The molecule has 172 valence electrons. The van der Waals surface area contributed by atoms with Crippen LogP contribution in [0.5, 0.6) is 5.75 Å². The van der Waals surface area contributed by atoms with Crippen LogP contribution in [-0.2, 0) is 16.0 Å². The third kappa shape index (κ3) is 5.00. The molecule has 0 bridgehead atoms. The van der Waals surface area contributed by atoms with Crippen molar-refractivity contribution in [2.24, 2.45) is 5.41 Å². The summed E-state index contributed by atoms with van der Waals surface area (Å²) < 4.78 is 11.0. The Morgan fingerprint density at radius 3 is 2.44 bits per heavy atom. The minimum absolute atomic E-state index is 0.298. The molecule has 2 fully saturated rings. The van der Waals surface area contributed by atoms with E-state index in [-0.39, 0.29) is 5.41 Å². The van der Waals surface area contributed by atoms with Crippen LogP contribution in [0.1, 0.15) is 31.2 Å². The molecule has 4 rings (SSSR count). The van der Waals surface area contributed by atoms with Crippen LogP contribution in [0.3, 0.4) is 0 Å². The van der Waals surface area contributed by atoms with Gasteiger partial charge in [0.1, 0.15) is 5.75 Å². The molecular weight excluding hydrogens is 400 g/mol. The van der Waals surface area contributed by atoms with Gasteiger partial charge in [-0.25, -0.2) is 0 Å². The van der Waals surface area contributed by atoms with E-state index in [0.717, 1.165) is 62.1 Å². The van der Waals surface area contributed by atoms with E-state index in [2.05, 4.69) is 53.2 Å². The van der Waals surface area contributed by atoms with Gasteiger partial charge in [-0.1, -0.05) is 36.4 Å². The molecule has 2 aliphatic heterocycles. The zero-order chi connectivity index (χ0) is 22.6. The summed E-state index contributed by atoms with van der Waals surface area (Å²) in [5, 5.41) is 0. The van der Waals surface area contributed by atoms with Crippen LogP contribution in [0.4, 0.5) is 0 Å². The van der Waals surface area contributed by atoms with Gasteiger partial charge in [0.15, 0.2) is 0 Å². The van der Waals surface area contributed by atoms with Crippen molar-refractivity contribution in [2.75, 3.05) is 47.5 Å². The maximum atomic E-state index is 13.8. The van der Waals surface area contributed by atoms with Gasteiger partial charge in [0.05, 0.1) is 12.5 Å². The number of rotatable bonds is 6. The highest BCUT2D eigenvalue weighted by Crippen LogP contribution is 2.38. The number of hydrogen-bond donors (Lipinski definition) is 0. The van der Waals surface area contributed by atoms with E-state index < -0.39 is 0 Å². The second-order valence-electron chi connectivity index (χ2n) is 9.45. The molecule has 2 aromatic carbocycles. The highest BCUT2D eigenvalue weighted by atomic mass is 16.5. The smallest absolute Gasteiger partial charge is 0.229 e. The van der Waals surface area contributed by atoms with E-state index in [1.54, 1.807) is 7.11 Å². The molecular formula is C27H36N2O3. The number of amides is 1. The van der Waals surface area contributed by atoms with E-state index in [4.69, 9.17) is 9.47 Å². The lowest BCUT2D eigenvalue weighted by atomic mass is 9.73. The van der Waals surface area contributed by atoms with Crippen molar-refractivity contribution in [1.82, 2.24) is 9.80 Å². The van der Waals surface area contributed by atoms with E-state index >= 15 is 0 Å². The largest absolute Gasteiger partial charge is 0.497 e. The van der Waals surface area contributed by atoms with E-state index in [1.807, 2.05) is 19.2 Å². The number of ether oxygens (including phenoxy) is 2. The maximum absolute atomic E-state index is 13.8. The molecule has 0 aliphatic carbocycles. The van der Waals surface area contributed by atoms with Gasteiger partial charge in [-0.05, 0) is 81.1 Å². The SMILES string of the molecule is COc1cccc(-c2ccc(CC3(C(=O)N(C)C4CCN(C)CC4)CCOCC3)cc2)c1. The zero-order valence-corrected chi connectivity index (χ0v) is 19.7. The van der Waals surface area contributed by atoms with Crippen molar-refractivity contribution in [3.8, 4) is 16.9 Å². The van der Waals surface area contributed by atoms with Gasteiger partial charge in [0.2, 0.25) is 5.91 Å². The zero-order valence-electron chi connectivity index (χ0n) is 19.7. The van der Waals surface area contributed by atoms with Crippen LogP contribution >= 0.6 is 0 Å². The highest BCUT2D eigenvalue weighted by Gasteiger charge is 2.43. The Balaban J connectivity index is 1.51. The molecule has 0 unspecified atom stereocenters. The first-order valence-electron chi connectivity index (χ1n) is 11.8. The molecule has 0 spiro atoms. The van der Waals surface area contributed by atoms with Gasteiger partial charge in [-0.15, -0.1) is 0 Å². The van der Waals surface area contributed by atoms with Crippen LogP contribution in [0, 0.1) is 5.41 Å². The van der Waals surface area contributed by atoms with Crippen molar-refractivity contribution < 1.29 is 14.3 Å². The lowest BCUT2D eigenvalue weighted by Gasteiger charge is -2.43. The Labute approximate surface area is 192 Å². The second kappa shape index (κ2) is 10.1. The van der Waals surface area contributed by atoms with Crippen LogP contribution in [-0.4, -0.2) is 69.3 Å². The summed E-state index contributed by atoms with van der Waals surface area (Å²) in [6.45, 7) is 3.44. The Bertz CT molecular complexity index is 897. The Morgan fingerprint density at radius 1 is 1.09 bits per heavy atom. The summed E-state index contributed by atoms with van der Waals surface area (Å²) in [5.41, 5.74) is 3.13. The van der Waals surface area contributed by atoms with E-state index in [1.165, 1.54) is 5.56 Å². The number of likely N-dealkylation sites (tertiary alicyclic amines) is 1. The number of methoxy groups -OCH3 is 1. The van der Waals surface area contributed by atoms with Crippen LogP contribution < -0.4 is 4.74 Å². The standard InChI is InChI=1S/C27H36N2O3/c1-28-15-11-24(12-16-28)29(2)26(30)27(13-17-32-18-14-27)20-21-7-9-22(10-8-21)23-5-4-6-25(19-23)31-3/h4-10,19,24H,11-18,20H2,1-3H3. The molecule has 0 radical (unpaired) electrons. The Kier molecular flexibility index (Phi) is 7.17. The van der Waals surface area contributed by atoms with Crippen LogP contribution in [0.25, 0.3) is 11.1 Å². The maximum Gasteiger partial charge on any atom is 0.229 e. The molecule has 2 aliphatic rings. The molecule has 5 heteroatoms. The molecule has 2 heterocycles. The summed E-state index contributed by atoms with van der Waals surface area (Å²) in [5.74, 6) is 1.16. The van der Waals surface area contributed by atoms with Gasteiger partial charge in [-0.2, -0.15) is 0 Å². The first-order chi connectivity index (χ1) is 15.5. The summed E-state index contributed by atoms with van der Waals surface area (Å²) in [4.78, 5) is 18.2. The van der Waals surface area contributed by atoms with E-state index in [0.29, 0.717) is 25.2 Å². The number of carbonyl (C=O) groups is 1. The number of piperidine rings is 1.